The largest absolute Gasteiger partial charge is 0.241 e. The summed E-state index contributed by atoms with van der Waals surface area (Å²) in [6.45, 7) is 1.94. The van der Waals surface area contributed by atoms with Gasteiger partial charge >= 0.3 is 0 Å². The van der Waals surface area contributed by atoms with Gasteiger partial charge in [-0.2, -0.15) is 0 Å². The summed E-state index contributed by atoms with van der Waals surface area (Å²) >= 11 is 1.43. The van der Waals surface area contributed by atoms with Gasteiger partial charge in [-0.3, -0.25) is 0 Å². The molecule has 7 rings (SSSR count). The number of thioether (sulfide) groups is 1. The highest BCUT2D eigenvalue weighted by atomic mass is 32.2. The van der Waals surface area contributed by atoms with Crippen LogP contribution < -0.4 is 4.72 Å². The molecule has 0 spiro atoms. The number of sulfonamides is 1. The molecule has 2 atom stereocenters. The Kier molecular flexibility index (Phi) is 6.82. The number of nitrogens with zero attached hydrogens (tertiary/aromatic N) is 3. The lowest BCUT2D eigenvalue weighted by atomic mass is 10.0. The Labute approximate surface area is 248 Å². The van der Waals surface area contributed by atoms with E-state index < -0.39 is 16.1 Å². The predicted molar refractivity (Wildman–Crippen MR) is 167 cm³/mol. The van der Waals surface area contributed by atoms with Crippen molar-refractivity contribution in [2.24, 2.45) is 0 Å². The van der Waals surface area contributed by atoms with Gasteiger partial charge in [0, 0.05) is 11.1 Å². The molecule has 206 valence electrons. The minimum atomic E-state index is -3.81. The number of aromatic nitrogens is 3. The SMILES string of the molecule is Cc1ccc(S(=O)(=O)N[C@H]2c3cccc4cccc(c34)[C@@H]2Sc2nnc(-c3ccccc3)c(-c3ccccc3)n2)cc1. The monoisotopic (exact) mass is 586 g/mol. The third-order valence-electron chi connectivity index (χ3n) is 7.52. The van der Waals surface area contributed by atoms with Crippen molar-refractivity contribution in [3.05, 3.63) is 138 Å². The van der Waals surface area contributed by atoms with Crippen LogP contribution in [0.5, 0.6) is 0 Å². The molecule has 42 heavy (non-hydrogen) atoms. The predicted octanol–water partition coefficient (Wildman–Crippen LogP) is 7.53. The van der Waals surface area contributed by atoms with E-state index in [2.05, 4.69) is 33.1 Å². The van der Waals surface area contributed by atoms with Crippen molar-refractivity contribution in [3.63, 3.8) is 0 Å². The second-order valence-electron chi connectivity index (χ2n) is 10.3. The van der Waals surface area contributed by atoms with Gasteiger partial charge < -0.3 is 0 Å². The van der Waals surface area contributed by atoms with Gasteiger partial charge in [0.15, 0.2) is 0 Å². The Bertz CT molecular complexity index is 2010. The molecule has 0 aliphatic heterocycles. The van der Waals surface area contributed by atoms with Crippen molar-refractivity contribution >= 4 is 32.6 Å². The summed E-state index contributed by atoms with van der Waals surface area (Å²) in [5, 5.41) is 11.5. The van der Waals surface area contributed by atoms with Gasteiger partial charge in [-0.05, 0) is 41.0 Å². The van der Waals surface area contributed by atoms with Crippen molar-refractivity contribution in [3.8, 4) is 22.5 Å². The summed E-state index contributed by atoms with van der Waals surface area (Å²) in [6, 6.07) is 38.4. The first-order valence-corrected chi connectivity index (χ1v) is 16.0. The molecule has 0 amide bonds. The number of hydrogen-bond acceptors (Lipinski definition) is 6. The Morgan fingerprint density at radius 3 is 1.95 bits per heavy atom. The van der Waals surface area contributed by atoms with Crippen LogP contribution in [0.3, 0.4) is 0 Å². The molecule has 1 aliphatic carbocycles. The summed E-state index contributed by atoms with van der Waals surface area (Å²) in [6.07, 6.45) is 0. The molecule has 6 nitrogen and oxygen atoms in total. The van der Waals surface area contributed by atoms with E-state index in [0.717, 1.165) is 44.3 Å². The summed E-state index contributed by atoms with van der Waals surface area (Å²) in [4.78, 5) is 5.25. The van der Waals surface area contributed by atoms with Crippen molar-refractivity contribution in [1.82, 2.24) is 19.9 Å². The van der Waals surface area contributed by atoms with Crippen LogP contribution in [-0.2, 0) is 10.0 Å². The number of hydrogen-bond donors (Lipinski definition) is 1. The van der Waals surface area contributed by atoms with Crippen LogP contribution >= 0.6 is 11.8 Å². The first-order chi connectivity index (χ1) is 20.5. The molecular weight excluding hydrogens is 561 g/mol. The van der Waals surface area contributed by atoms with E-state index in [4.69, 9.17) is 4.98 Å². The highest BCUT2D eigenvalue weighted by Crippen LogP contribution is 2.53. The zero-order valence-corrected chi connectivity index (χ0v) is 24.3. The smallest absolute Gasteiger partial charge is 0.219 e. The highest BCUT2D eigenvalue weighted by molar-refractivity contribution is 7.99. The van der Waals surface area contributed by atoms with Crippen molar-refractivity contribution < 1.29 is 8.42 Å². The molecule has 1 N–H and O–H groups in total. The van der Waals surface area contributed by atoms with Crippen molar-refractivity contribution in [2.75, 3.05) is 0 Å². The van der Waals surface area contributed by atoms with Crippen LogP contribution in [0.25, 0.3) is 33.3 Å². The van der Waals surface area contributed by atoms with Crippen LogP contribution in [0.4, 0.5) is 0 Å². The van der Waals surface area contributed by atoms with E-state index in [9.17, 15) is 8.42 Å². The summed E-state index contributed by atoms with van der Waals surface area (Å²) in [5.74, 6) is 0. The molecule has 0 saturated heterocycles. The maximum atomic E-state index is 13.6. The number of nitrogens with one attached hydrogen (secondary N) is 1. The molecule has 8 heteroatoms. The first kappa shape index (κ1) is 26.5. The fraction of sp³-hybridized carbons (Fsp3) is 0.0882. The summed E-state index contributed by atoms with van der Waals surface area (Å²) in [5.41, 5.74) is 6.26. The zero-order valence-electron chi connectivity index (χ0n) is 22.7. The molecule has 0 fully saturated rings. The standard InChI is InChI=1S/C34H26N4O2S2/c1-22-18-20-26(21-19-22)42(39,40)38-32-27-16-8-14-23-15-9-17-28(29(23)27)33(32)41-34-35-30(24-10-4-2-5-11-24)31(36-37-34)25-12-6-3-7-13-25/h2-21,32-33,38H,1H3/t32-,33-/m0/s1. The Morgan fingerprint density at radius 1 is 0.667 bits per heavy atom. The Balaban J connectivity index is 1.32. The Hall–Kier alpha value is -4.37. The summed E-state index contributed by atoms with van der Waals surface area (Å²) in [7, 11) is -3.81. The molecule has 0 unspecified atom stereocenters. The Morgan fingerprint density at radius 2 is 1.29 bits per heavy atom. The van der Waals surface area contributed by atoms with Gasteiger partial charge in [0.25, 0.3) is 0 Å². The van der Waals surface area contributed by atoms with Crippen LogP contribution in [0.15, 0.2) is 131 Å². The lowest BCUT2D eigenvalue weighted by Crippen LogP contribution is -2.30. The molecule has 5 aromatic carbocycles. The normalized spacial score (nSPS) is 16.1. The van der Waals surface area contributed by atoms with E-state index in [1.165, 1.54) is 11.8 Å². The minimum absolute atomic E-state index is 0.233. The van der Waals surface area contributed by atoms with E-state index in [1.807, 2.05) is 97.9 Å². The summed E-state index contributed by atoms with van der Waals surface area (Å²) < 4.78 is 30.3. The lowest BCUT2D eigenvalue weighted by molar-refractivity contribution is 0.557. The zero-order chi connectivity index (χ0) is 28.7. The molecule has 0 bridgehead atoms. The molecule has 1 heterocycles. The van der Waals surface area contributed by atoms with Gasteiger partial charge in [0.2, 0.25) is 15.2 Å². The quantitative estimate of drug-likeness (QED) is 0.208. The molecule has 1 aromatic heterocycles. The van der Waals surface area contributed by atoms with Crippen molar-refractivity contribution in [1.29, 1.82) is 0 Å². The van der Waals surface area contributed by atoms with E-state index >= 15 is 0 Å². The number of aryl methyl sites for hydroxylation is 1. The maximum Gasteiger partial charge on any atom is 0.241 e. The van der Waals surface area contributed by atoms with Crippen LogP contribution in [0.1, 0.15) is 28.0 Å². The topological polar surface area (TPSA) is 84.8 Å². The van der Waals surface area contributed by atoms with Crippen LogP contribution in [-0.4, -0.2) is 23.6 Å². The van der Waals surface area contributed by atoms with E-state index in [-0.39, 0.29) is 10.1 Å². The van der Waals surface area contributed by atoms with Gasteiger partial charge in [0.1, 0.15) is 11.4 Å². The van der Waals surface area contributed by atoms with Gasteiger partial charge in [-0.25, -0.2) is 18.1 Å². The van der Waals surface area contributed by atoms with Crippen LogP contribution in [0.2, 0.25) is 0 Å². The van der Waals surface area contributed by atoms with Crippen LogP contribution in [0, 0.1) is 6.92 Å². The van der Waals surface area contributed by atoms with Crippen molar-refractivity contribution in [2.45, 2.75) is 28.3 Å². The first-order valence-electron chi connectivity index (χ1n) is 13.6. The molecule has 1 aliphatic rings. The van der Waals surface area contributed by atoms with Gasteiger partial charge in [-0.1, -0.05) is 127 Å². The fourth-order valence-corrected chi connectivity index (χ4v) is 7.96. The molecule has 0 radical (unpaired) electrons. The fourth-order valence-electron chi connectivity index (χ4n) is 5.51. The average molecular weight is 587 g/mol. The third kappa shape index (κ3) is 4.87. The van der Waals surface area contributed by atoms with E-state index in [0.29, 0.717) is 10.9 Å². The average Bonchev–Trinajstić information content (AvgIpc) is 3.31. The molecular formula is C34H26N4O2S2. The molecule has 6 aromatic rings. The molecule has 0 saturated carbocycles. The van der Waals surface area contributed by atoms with Gasteiger partial charge in [-0.15, -0.1) is 10.2 Å². The third-order valence-corrected chi connectivity index (χ3v) is 10.1. The minimum Gasteiger partial charge on any atom is -0.219 e. The lowest BCUT2D eigenvalue weighted by Gasteiger charge is -2.22. The number of rotatable bonds is 7. The number of benzene rings is 5. The van der Waals surface area contributed by atoms with Gasteiger partial charge in [0.05, 0.1) is 16.2 Å². The second kappa shape index (κ2) is 10.8. The highest BCUT2D eigenvalue weighted by Gasteiger charge is 2.38. The maximum absolute atomic E-state index is 13.6. The second-order valence-corrected chi connectivity index (χ2v) is 13.1. The van der Waals surface area contributed by atoms with E-state index in [1.54, 1.807) is 12.1 Å².